The van der Waals surface area contributed by atoms with E-state index in [0.29, 0.717) is 0 Å². The second-order valence-corrected chi connectivity index (χ2v) is 7.95. The number of rotatable bonds is 7. The summed E-state index contributed by atoms with van der Waals surface area (Å²) in [6.45, 7) is 3.87. The highest BCUT2D eigenvalue weighted by Gasteiger charge is 2.17. The molecule has 0 saturated heterocycles. The van der Waals surface area contributed by atoms with Gasteiger partial charge in [-0.15, -0.1) is 0 Å². The molecule has 1 atom stereocenters. The largest absolute Gasteiger partial charge is 0.354 e. The molecule has 0 bridgehead atoms. The van der Waals surface area contributed by atoms with E-state index < -0.39 is 9.84 Å². The fraction of sp³-hybridized carbons (Fsp3) is 0.316. The predicted molar refractivity (Wildman–Crippen MR) is 96.4 cm³/mol. The summed E-state index contributed by atoms with van der Waals surface area (Å²) in [6, 6.07) is 16.6. The van der Waals surface area contributed by atoms with Crippen LogP contribution in [0.2, 0.25) is 0 Å². The Labute approximate surface area is 143 Å². The molecular weight excluding hydrogens is 322 g/mol. The van der Waals surface area contributed by atoms with Crippen LogP contribution < -0.4 is 5.32 Å². The SMILES string of the molecule is CCC(C)NC(=O)CCS(=O)(=O)c1ccc(-c2ccccc2)cc1. The first kappa shape index (κ1) is 18.2. The smallest absolute Gasteiger partial charge is 0.221 e. The van der Waals surface area contributed by atoms with Crippen molar-refractivity contribution in [2.24, 2.45) is 0 Å². The maximum Gasteiger partial charge on any atom is 0.221 e. The van der Waals surface area contributed by atoms with Gasteiger partial charge < -0.3 is 5.32 Å². The van der Waals surface area contributed by atoms with Gasteiger partial charge in [-0.3, -0.25) is 4.79 Å². The van der Waals surface area contributed by atoms with E-state index in [1.54, 1.807) is 24.3 Å². The summed E-state index contributed by atoms with van der Waals surface area (Å²) in [7, 11) is -3.46. The summed E-state index contributed by atoms with van der Waals surface area (Å²) >= 11 is 0. The van der Waals surface area contributed by atoms with Crippen LogP contribution in [0.3, 0.4) is 0 Å². The molecule has 4 nitrogen and oxygen atoms in total. The standard InChI is InChI=1S/C19H23NO3S/c1-3-15(2)20-19(21)13-14-24(22,23)18-11-9-17(10-12-18)16-7-5-4-6-8-16/h4-12,15H,3,13-14H2,1-2H3,(H,20,21). The van der Waals surface area contributed by atoms with Crippen molar-refractivity contribution >= 4 is 15.7 Å². The lowest BCUT2D eigenvalue weighted by atomic mass is 10.1. The molecule has 0 fully saturated rings. The maximum absolute atomic E-state index is 12.4. The Kier molecular flexibility index (Phi) is 6.15. The van der Waals surface area contributed by atoms with Gasteiger partial charge in [0.2, 0.25) is 5.91 Å². The molecule has 1 amide bonds. The summed E-state index contributed by atoms with van der Waals surface area (Å²) in [6.07, 6.45) is 0.798. The fourth-order valence-electron chi connectivity index (χ4n) is 2.28. The van der Waals surface area contributed by atoms with Gasteiger partial charge in [-0.2, -0.15) is 0 Å². The fourth-order valence-corrected chi connectivity index (χ4v) is 3.52. The van der Waals surface area contributed by atoms with Crippen molar-refractivity contribution in [1.29, 1.82) is 0 Å². The predicted octanol–water partition coefficient (Wildman–Crippen LogP) is 3.43. The summed E-state index contributed by atoms with van der Waals surface area (Å²) in [5.41, 5.74) is 2.00. The molecule has 0 aromatic heterocycles. The summed E-state index contributed by atoms with van der Waals surface area (Å²) in [5.74, 6) is -0.409. The van der Waals surface area contributed by atoms with Crippen molar-refractivity contribution in [2.45, 2.75) is 37.6 Å². The highest BCUT2D eigenvalue weighted by Crippen LogP contribution is 2.21. The highest BCUT2D eigenvalue weighted by atomic mass is 32.2. The van der Waals surface area contributed by atoms with Crippen molar-refractivity contribution in [3.05, 3.63) is 54.6 Å². The average molecular weight is 345 g/mol. The van der Waals surface area contributed by atoms with Gasteiger partial charge in [-0.25, -0.2) is 8.42 Å². The van der Waals surface area contributed by atoms with E-state index >= 15 is 0 Å². The van der Waals surface area contributed by atoms with Crippen LogP contribution in [0.25, 0.3) is 11.1 Å². The number of amides is 1. The van der Waals surface area contributed by atoms with Crippen LogP contribution in [0.1, 0.15) is 26.7 Å². The Morgan fingerprint density at radius 1 is 1.00 bits per heavy atom. The number of sulfone groups is 1. The Bertz CT molecular complexity index is 768. The van der Waals surface area contributed by atoms with Gasteiger partial charge in [-0.1, -0.05) is 49.4 Å². The number of hydrogen-bond acceptors (Lipinski definition) is 3. The number of carbonyl (C=O) groups excluding carboxylic acids is 1. The first-order chi connectivity index (χ1) is 11.4. The Balaban J connectivity index is 2.03. The van der Waals surface area contributed by atoms with E-state index in [1.807, 2.05) is 44.2 Å². The van der Waals surface area contributed by atoms with E-state index in [2.05, 4.69) is 5.32 Å². The van der Waals surface area contributed by atoms with Gasteiger partial charge in [0, 0.05) is 12.5 Å². The molecule has 1 N–H and O–H groups in total. The van der Waals surface area contributed by atoms with Crippen LogP contribution in [0, 0.1) is 0 Å². The number of benzene rings is 2. The van der Waals surface area contributed by atoms with Crippen molar-refractivity contribution < 1.29 is 13.2 Å². The quantitative estimate of drug-likeness (QED) is 0.836. The molecule has 0 aliphatic rings. The van der Waals surface area contributed by atoms with Crippen LogP contribution in [0.4, 0.5) is 0 Å². The lowest BCUT2D eigenvalue weighted by Crippen LogP contribution is -2.33. The molecule has 128 valence electrons. The molecule has 0 spiro atoms. The first-order valence-electron chi connectivity index (χ1n) is 8.10. The second-order valence-electron chi connectivity index (χ2n) is 5.84. The van der Waals surface area contributed by atoms with Gasteiger partial charge >= 0.3 is 0 Å². The normalized spacial score (nSPS) is 12.6. The molecule has 0 aliphatic heterocycles. The molecule has 2 rings (SSSR count). The molecule has 5 heteroatoms. The average Bonchev–Trinajstić information content (AvgIpc) is 2.61. The molecule has 0 radical (unpaired) electrons. The minimum atomic E-state index is -3.46. The van der Waals surface area contributed by atoms with Crippen molar-refractivity contribution in [2.75, 3.05) is 5.75 Å². The molecule has 0 heterocycles. The van der Waals surface area contributed by atoms with E-state index in [4.69, 9.17) is 0 Å². The molecule has 0 aliphatic carbocycles. The molecule has 1 unspecified atom stereocenters. The zero-order valence-corrected chi connectivity index (χ0v) is 14.8. The second kappa shape index (κ2) is 8.11. The molecule has 2 aromatic rings. The van der Waals surface area contributed by atoms with Crippen LogP contribution >= 0.6 is 0 Å². The molecule has 2 aromatic carbocycles. The maximum atomic E-state index is 12.4. The van der Waals surface area contributed by atoms with E-state index in [9.17, 15) is 13.2 Å². The molecule has 24 heavy (non-hydrogen) atoms. The summed E-state index contributed by atoms with van der Waals surface area (Å²) in [5, 5.41) is 2.78. The van der Waals surface area contributed by atoms with Crippen LogP contribution in [-0.4, -0.2) is 26.1 Å². The lowest BCUT2D eigenvalue weighted by molar-refractivity contribution is -0.121. The summed E-state index contributed by atoms with van der Waals surface area (Å²) in [4.78, 5) is 12.0. The highest BCUT2D eigenvalue weighted by molar-refractivity contribution is 7.91. The van der Waals surface area contributed by atoms with Gasteiger partial charge in [-0.05, 0) is 36.6 Å². The van der Waals surface area contributed by atoms with E-state index in [-0.39, 0.29) is 29.0 Å². The van der Waals surface area contributed by atoms with Crippen molar-refractivity contribution in [3.8, 4) is 11.1 Å². The van der Waals surface area contributed by atoms with Crippen molar-refractivity contribution in [1.82, 2.24) is 5.32 Å². The minimum Gasteiger partial charge on any atom is -0.354 e. The third kappa shape index (κ3) is 4.93. The van der Waals surface area contributed by atoms with Gasteiger partial charge in [0.1, 0.15) is 0 Å². The van der Waals surface area contributed by atoms with E-state index in [0.717, 1.165) is 17.5 Å². The topological polar surface area (TPSA) is 63.2 Å². The van der Waals surface area contributed by atoms with Gasteiger partial charge in [0.25, 0.3) is 0 Å². The third-order valence-corrected chi connectivity index (χ3v) is 5.67. The number of nitrogens with one attached hydrogen (secondary N) is 1. The van der Waals surface area contributed by atoms with Gasteiger partial charge in [0.05, 0.1) is 10.6 Å². The lowest BCUT2D eigenvalue weighted by Gasteiger charge is -2.11. The van der Waals surface area contributed by atoms with Crippen LogP contribution in [0.15, 0.2) is 59.5 Å². The summed E-state index contributed by atoms with van der Waals surface area (Å²) < 4.78 is 24.7. The minimum absolute atomic E-state index is 0.0207. The zero-order chi connectivity index (χ0) is 17.6. The zero-order valence-electron chi connectivity index (χ0n) is 14.0. The Morgan fingerprint density at radius 3 is 2.17 bits per heavy atom. The molecular formula is C19H23NO3S. The van der Waals surface area contributed by atoms with Crippen LogP contribution in [0.5, 0.6) is 0 Å². The Hall–Kier alpha value is -2.14. The van der Waals surface area contributed by atoms with Gasteiger partial charge in [0.15, 0.2) is 9.84 Å². The molecule has 0 saturated carbocycles. The van der Waals surface area contributed by atoms with E-state index in [1.165, 1.54) is 0 Å². The Morgan fingerprint density at radius 2 is 1.58 bits per heavy atom. The number of carbonyl (C=O) groups is 1. The number of hydrogen-bond donors (Lipinski definition) is 1. The first-order valence-corrected chi connectivity index (χ1v) is 9.75. The monoisotopic (exact) mass is 345 g/mol. The van der Waals surface area contributed by atoms with Crippen LogP contribution in [-0.2, 0) is 14.6 Å². The van der Waals surface area contributed by atoms with Crippen molar-refractivity contribution in [3.63, 3.8) is 0 Å². The third-order valence-electron chi connectivity index (χ3n) is 3.94.